The van der Waals surface area contributed by atoms with Gasteiger partial charge in [-0.1, -0.05) is 44.2 Å². The summed E-state index contributed by atoms with van der Waals surface area (Å²) in [6.07, 6.45) is 4.42. The van der Waals surface area contributed by atoms with Crippen molar-refractivity contribution in [3.8, 4) is 17.0 Å². The number of anilines is 1. The number of rotatable bonds is 8. The number of hydrogen-bond acceptors (Lipinski definition) is 6. The monoisotopic (exact) mass is 531 g/mol. The number of aryl methyl sites for hydroxylation is 1. The van der Waals surface area contributed by atoms with Gasteiger partial charge in [0.25, 0.3) is 0 Å². The van der Waals surface area contributed by atoms with Crippen LogP contribution in [-0.2, 0) is 9.53 Å². The number of carbonyl (C=O) groups is 1. The van der Waals surface area contributed by atoms with Gasteiger partial charge in [-0.3, -0.25) is 9.97 Å². The molecule has 0 saturated carbocycles. The lowest BCUT2D eigenvalue weighted by molar-refractivity contribution is -0.160. The number of carboxylic acids is 1. The van der Waals surface area contributed by atoms with E-state index in [2.05, 4.69) is 35.9 Å². The Morgan fingerprint density at radius 2 is 1.72 bits per heavy atom. The Kier molecular flexibility index (Phi) is 8.31. The summed E-state index contributed by atoms with van der Waals surface area (Å²) in [4.78, 5) is 23.8. The number of piperidine rings is 1. The molecule has 3 aromatic rings. The zero-order valence-corrected chi connectivity index (χ0v) is 24.2. The van der Waals surface area contributed by atoms with Gasteiger partial charge in [0.2, 0.25) is 0 Å². The standard InChI is InChI=1S/C32H41N3O4/c1-21-25(29(30(36)37)39-31(3,4)5)17-24(19-33-21)26-18-27(35-15-13-32(6,7)14-16-35)28(20-34-26)38-22(2)23-11-9-8-10-12-23/h8-12,17-20,22,29H,13-16H2,1-7H3,(H,36,37)/t22-,29+/m1/s1. The summed E-state index contributed by atoms with van der Waals surface area (Å²) in [6.45, 7) is 15.9. The van der Waals surface area contributed by atoms with Gasteiger partial charge in [0.1, 0.15) is 6.10 Å². The highest BCUT2D eigenvalue weighted by molar-refractivity contribution is 5.76. The molecule has 7 heteroatoms. The van der Waals surface area contributed by atoms with E-state index in [1.165, 1.54) is 0 Å². The van der Waals surface area contributed by atoms with Gasteiger partial charge >= 0.3 is 5.97 Å². The average molecular weight is 532 g/mol. The summed E-state index contributed by atoms with van der Waals surface area (Å²) in [5, 5.41) is 9.96. The first kappa shape index (κ1) is 28.6. The Hall–Kier alpha value is -3.45. The Morgan fingerprint density at radius 3 is 2.33 bits per heavy atom. The summed E-state index contributed by atoms with van der Waals surface area (Å²) in [6, 6.07) is 14.0. The fourth-order valence-corrected chi connectivity index (χ4v) is 4.82. The summed E-state index contributed by atoms with van der Waals surface area (Å²) in [5.74, 6) is -0.315. The number of benzene rings is 1. The quantitative estimate of drug-likeness (QED) is 0.330. The van der Waals surface area contributed by atoms with E-state index in [1.807, 2.05) is 58.0 Å². The van der Waals surface area contributed by atoms with Crippen LogP contribution in [0.2, 0.25) is 0 Å². The molecule has 4 rings (SSSR count). The molecule has 0 amide bonds. The minimum atomic E-state index is -1.13. The topological polar surface area (TPSA) is 84.8 Å². The number of aliphatic carboxylic acids is 1. The zero-order valence-electron chi connectivity index (χ0n) is 24.2. The fraction of sp³-hybridized carbons (Fsp3) is 0.469. The molecular formula is C32H41N3O4. The lowest BCUT2D eigenvalue weighted by atomic mass is 9.82. The van der Waals surface area contributed by atoms with Gasteiger partial charge in [-0.2, -0.15) is 0 Å². The van der Waals surface area contributed by atoms with Crippen LogP contribution >= 0.6 is 0 Å². The third-order valence-corrected chi connectivity index (χ3v) is 7.28. The van der Waals surface area contributed by atoms with Crippen molar-refractivity contribution in [1.29, 1.82) is 0 Å². The van der Waals surface area contributed by atoms with Crippen LogP contribution in [0.5, 0.6) is 5.75 Å². The maximum Gasteiger partial charge on any atom is 0.337 e. The second-order valence-electron chi connectivity index (χ2n) is 12.2. The predicted octanol–water partition coefficient (Wildman–Crippen LogP) is 7.16. The lowest BCUT2D eigenvalue weighted by Crippen LogP contribution is -2.37. The molecule has 208 valence electrons. The van der Waals surface area contributed by atoms with Crippen LogP contribution in [-0.4, -0.2) is 39.7 Å². The Bertz CT molecular complexity index is 1290. The second-order valence-corrected chi connectivity index (χ2v) is 12.2. The van der Waals surface area contributed by atoms with Crippen molar-refractivity contribution in [3.05, 3.63) is 71.7 Å². The number of carboxylic acid groups (broad SMARTS) is 1. The largest absolute Gasteiger partial charge is 0.482 e. The van der Waals surface area contributed by atoms with Crippen molar-refractivity contribution in [1.82, 2.24) is 9.97 Å². The maximum absolute atomic E-state index is 12.2. The van der Waals surface area contributed by atoms with E-state index in [1.54, 1.807) is 19.3 Å². The molecule has 1 aromatic carbocycles. The molecule has 39 heavy (non-hydrogen) atoms. The molecule has 0 bridgehead atoms. The molecule has 1 saturated heterocycles. The highest BCUT2D eigenvalue weighted by atomic mass is 16.5. The van der Waals surface area contributed by atoms with E-state index in [0.717, 1.165) is 48.5 Å². The van der Waals surface area contributed by atoms with Gasteiger partial charge in [0, 0.05) is 36.1 Å². The molecule has 1 fully saturated rings. The van der Waals surface area contributed by atoms with E-state index < -0.39 is 17.7 Å². The van der Waals surface area contributed by atoms with Gasteiger partial charge in [-0.25, -0.2) is 4.79 Å². The van der Waals surface area contributed by atoms with E-state index in [9.17, 15) is 9.90 Å². The number of ether oxygens (including phenoxy) is 2. The molecule has 1 aliphatic rings. The van der Waals surface area contributed by atoms with Gasteiger partial charge in [-0.05, 0) is 70.6 Å². The summed E-state index contributed by atoms with van der Waals surface area (Å²) in [5.41, 5.74) is 4.34. The summed E-state index contributed by atoms with van der Waals surface area (Å²) in [7, 11) is 0. The molecule has 0 aliphatic carbocycles. The Morgan fingerprint density at radius 1 is 1.05 bits per heavy atom. The third-order valence-electron chi connectivity index (χ3n) is 7.28. The molecule has 0 unspecified atom stereocenters. The SMILES string of the molecule is Cc1ncc(-c2cc(N3CCC(C)(C)CC3)c(O[C@H](C)c3ccccc3)cn2)cc1[C@H](OC(C)(C)C)C(=O)O. The summed E-state index contributed by atoms with van der Waals surface area (Å²) >= 11 is 0. The van der Waals surface area contributed by atoms with Crippen LogP contribution in [0.15, 0.2) is 54.9 Å². The third kappa shape index (κ3) is 7.15. The minimum Gasteiger partial charge on any atom is -0.482 e. The van der Waals surface area contributed by atoms with Gasteiger partial charge in [0.05, 0.1) is 23.2 Å². The molecule has 2 aromatic heterocycles. The smallest absolute Gasteiger partial charge is 0.337 e. The number of pyridine rings is 2. The normalized spacial score (nSPS) is 16.9. The molecular weight excluding hydrogens is 490 g/mol. The van der Waals surface area contributed by atoms with Crippen molar-refractivity contribution >= 4 is 11.7 Å². The van der Waals surface area contributed by atoms with Crippen molar-refractivity contribution in [2.45, 2.75) is 79.1 Å². The first-order valence-electron chi connectivity index (χ1n) is 13.7. The van der Waals surface area contributed by atoms with Crippen molar-refractivity contribution in [2.24, 2.45) is 5.41 Å². The molecule has 0 radical (unpaired) electrons. The van der Waals surface area contributed by atoms with Gasteiger partial charge in [0.15, 0.2) is 11.9 Å². The average Bonchev–Trinajstić information content (AvgIpc) is 2.88. The molecule has 0 spiro atoms. The first-order valence-corrected chi connectivity index (χ1v) is 13.7. The molecule has 1 N–H and O–H groups in total. The lowest BCUT2D eigenvalue weighted by Gasteiger charge is -2.39. The zero-order chi connectivity index (χ0) is 28.4. The molecule has 7 nitrogen and oxygen atoms in total. The van der Waals surface area contributed by atoms with Crippen LogP contribution in [0.3, 0.4) is 0 Å². The number of hydrogen-bond donors (Lipinski definition) is 1. The first-order chi connectivity index (χ1) is 18.3. The Balaban J connectivity index is 1.73. The van der Waals surface area contributed by atoms with Crippen LogP contribution < -0.4 is 9.64 Å². The maximum atomic E-state index is 12.2. The van der Waals surface area contributed by atoms with E-state index in [-0.39, 0.29) is 6.10 Å². The highest BCUT2D eigenvalue weighted by Gasteiger charge is 2.30. The van der Waals surface area contributed by atoms with Crippen molar-refractivity contribution in [2.75, 3.05) is 18.0 Å². The number of aromatic nitrogens is 2. The second kappa shape index (κ2) is 11.3. The van der Waals surface area contributed by atoms with Crippen molar-refractivity contribution < 1.29 is 19.4 Å². The molecule has 2 atom stereocenters. The van der Waals surface area contributed by atoms with Crippen LogP contribution in [0.1, 0.15) is 83.4 Å². The fourth-order valence-electron chi connectivity index (χ4n) is 4.82. The summed E-state index contributed by atoms with van der Waals surface area (Å²) < 4.78 is 12.4. The van der Waals surface area contributed by atoms with Crippen molar-refractivity contribution in [3.63, 3.8) is 0 Å². The predicted molar refractivity (Wildman–Crippen MR) is 154 cm³/mol. The molecule has 1 aliphatic heterocycles. The minimum absolute atomic E-state index is 0.141. The van der Waals surface area contributed by atoms with E-state index >= 15 is 0 Å². The van der Waals surface area contributed by atoms with E-state index in [4.69, 9.17) is 14.5 Å². The molecule has 3 heterocycles. The Labute approximate surface area is 232 Å². The van der Waals surface area contributed by atoms with Crippen LogP contribution in [0, 0.1) is 12.3 Å². The van der Waals surface area contributed by atoms with Gasteiger partial charge in [-0.15, -0.1) is 0 Å². The van der Waals surface area contributed by atoms with Crippen LogP contribution in [0.25, 0.3) is 11.3 Å². The van der Waals surface area contributed by atoms with E-state index in [0.29, 0.717) is 22.4 Å². The van der Waals surface area contributed by atoms with Gasteiger partial charge < -0.3 is 19.5 Å². The van der Waals surface area contributed by atoms with Crippen LogP contribution in [0.4, 0.5) is 5.69 Å². The number of nitrogens with zero attached hydrogens (tertiary/aromatic N) is 3. The highest BCUT2D eigenvalue weighted by Crippen LogP contribution is 2.39.